The van der Waals surface area contributed by atoms with Crippen molar-refractivity contribution in [2.24, 2.45) is 5.41 Å². The zero-order valence-corrected chi connectivity index (χ0v) is 15.7. The number of carboxylic acid groups (broad SMARTS) is 1. The first-order chi connectivity index (χ1) is 12.1. The van der Waals surface area contributed by atoms with E-state index in [1.807, 2.05) is 24.3 Å². The van der Waals surface area contributed by atoms with E-state index in [4.69, 9.17) is 4.74 Å². The Balaban J connectivity index is 2.45. The Morgan fingerprint density at radius 2 is 1.92 bits per heavy atom. The van der Waals surface area contributed by atoms with Crippen LogP contribution < -0.4 is 0 Å². The number of fused-ring (bicyclic) bond motifs is 1. The maximum atomic E-state index is 13.0. The van der Waals surface area contributed by atoms with Crippen LogP contribution in [0.1, 0.15) is 44.9 Å². The summed E-state index contributed by atoms with van der Waals surface area (Å²) in [7, 11) is 0. The molecule has 1 aromatic carbocycles. The van der Waals surface area contributed by atoms with Gasteiger partial charge in [0.15, 0.2) is 0 Å². The van der Waals surface area contributed by atoms with Crippen molar-refractivity contribution in [3.63, 3.8) is 0 Å². The summed E-state index contributed by atoms with van der Waals surface area (Å²) in [5.41, 5.74) is 0.987. The van der Waals surface area contributed by atoms with Crippen LogP contribution in [0.5, 0.6) is 0 Å². The highest BCUT2D eigenvalue weighted by Crippen LogP contribution is 2.33. The van der Waals surface area contributed by atoms with Crippen molar-refractivity contribution in [2.45, 2.75) is 40.3 Å². The molecule has 2 rings (SSSR count). The molecule has 1 atom stereocenters. The molecule has 0 spiro atoms. The molecule has 1 unspecified atom stereocenters. The van der Waals surface area contributed by atoms with E-state index in [-0.39, 0.29) is 32.1 Å². The van der Waals surface area contributed by atoms with Gasteiger partial charge in [-0.2, -0.15) is 0 Å². The number of carbonyl (C=O) groups excluding carboxylic acids is 2. The Bertz CT molecular complexity index is 695. The molecule has 26 heavy (non-hydrogen) atoms. The van der Waals surface area contributed by atoms with Gasteiger partial charge in [-0.1, -0.05) is 45.0 Å². The first-order valence-corrected chi connectivity index (χ1v) is 8.67. The minimum atomic E-state index is -1.05. The van der Waals surface area contributed by atoms with Gasteiger partial charge in [0, 0.05) is 18.5 Å². The number of esters is 1. The van der Waals surface area contributed by atoms with Gasteiger partial charge < -0.3 is 19.6 Å². The third-order valence-electron chi connectivity index (χ3n) is 4.32. The first-order valence-electron chi connectivity index (χ1n) is 8.67. The fourth-order valence-electron chi connectivity index (χ4n) is 3.09. The van der Waals surface area contributed by atoms with Crippen molar-refractivity contribution >= 4 is 18.0 Å². The van der Waals surface area contributed by atoms with Gasteiger partial charge in [-0.15, -0.1) is 0 Å². The number of hydrogen-bond donors (Lipinski definition) is 1. The number of hydrogen-bond acceptors (Lipinski definition) is 4. The van der Waals surface area contributed by atoms with Gasteiger partial charge in [-0.25, -0.2) is 4.79 Å². The van der Waals surface area contributed by atoms with Crippen LogP contribution in [0.25, 0.3) is 0 Å². The second-order valence-corrected chi connectivity index (χ2v) is 7.37. The van der Waals surface area contributed by atoms with E-state index in [1.54, 1.807) is 27.7 Å². The summed E-state index contributed by atoms with van der Waals surface area (Å²) in [4.78, 5) is 39.4. The molecule has 1 heterocycles. The maximum absolute atomic E-state index is 13.0. The maximum Gasteiger partial charge on any atom is 0.407 e. The molecular weight excluding hydrogens is 336 g/mol. The van der Waals surface area contributed by atoms with E-state index in [2.05, 4.69) is 0 Å². The molecule has 1 N–H and O–H groups in total. The third kappa shape index (κ3) is 4.33. The van der Waals surface area contributed by atoms with E-state index in [1.165, 1.54) is 9.80 Å². The average molecular weight is 362 g/mol. The minimum Gasteiger partial charge on any atom is -0.465 e. The van der Waals surface area contributed by atoms with Gasteiger partial charge in [0.05, 0.1) is 12.6 Å². The van der Waals surface area contributed by atoms with E-state index in [0.717, 1.165) is 11.1 Å². The molecule has 0 radical (unpaired) electrons. The van der Waals surface area contributed by atoms with Crippen LogP contribution in [0, 0.1) is 5.41 Å². The second kappa shape index (κ2) is 7.76. The van der Waals surface area contributed by atoms with Crippen LogP contribution in [0.4, 0.5) is 4.79 Å². The molecule has 0 saturated heterocycles. The first kappa shape index (κ1) is 19.8. The standard InChI is InChI=1S/C19H26N2O5/c1-5-26-16(22)12-21(17(23)19(2,3)4)15-11-20(18(24)25)10-13-8-6-7-9-14(13)15/h6-9,15H,5,10-12H2,1-4H3,(H,24,25). The predicted molar refractivity (Wildman–Crippen MR) is 95.4 cm³/mol. The molecular formula is C19H26N2O5. The highest BCUT2D eigenvalue weighted by Gasteiger charge is 2.38. The Morgan fingerprint density at radius 1 is 1.27 bits per heavy atom. The van der Waals surface area contributed by atoms with Crippen molar-refractivity contribution in [2.75, 3.05) is 19.7 Å². The summed E-state index contributed by atoms with van der Waals surface area (Å²) in [6.45, 7) is 7.42. The van der Waals surface area contributed by atoms with Crippen molar-refractivity contribution in [3.8, 4) is 0 Å². The van der Waals surface area contributed by atoms with Gasteiger partial charge >= 0.3 is 12.1 Å². The quantitative estimate of drug-likeness (QED) is 0.832. The van der Waals surface area contributed by atoms with Gasteiger partial charge in [0.1, 0.15) is 6.54 Å². The van der Waals surface area contributed by atoms with Gasteiger partial charge in [-0.3, -0.25) is 9.59 Å². The molecule has 142 valence electrons. The van der Waals surface area contributed by atoms with Crippen molar-refractivity contribution < 1.29 is 24.2 Å². The fourth-order valence-corrected chi connectivity index (χ4v) is 3.09. The van der Waals surface area contributed by atoms with Crippen LogP contribution in [0.3, 0.4) is 0 Å². The van der Waals surface area contributed by atoms with Crippen molar-refractivity contribution in [3.05, 3.63) is 35.4 Å². The summed E-state index contributed by atoms with van der Waals surface area (Å²) in [5, 5.41) is 9.46. The molecule has 7 heteroatoms. The largest absolute Gasteiger partial charge is 0.465 e. The molecule has 1 aliphatic rings. The van der Waals surface area contributed by atoms with Crippen molar-refractivity contribution in [1.29, 1.82) is 0 Å². The molecule has 0 aliphatic carbocycles. The highest BCUT2D eigenvalue weighted by atomic mass is 16.5. The second-order valence-electron chi connectivity index (χ2n) is 7.37. The summed E-state index contributed by atoms with van der Waals surface area (Å²) >= 11 is 0. The Kier molecular flexibility index (Phi) is 5.90. The molecule has 0 saturated carbocycles. The molecule has 2 amide bonds. The lowest BCUT2D eigenvalue weighted by atomic mass is 9.90. The van der Waals surface area contributed by atoms with Crippen LogP contribution in [-0.2, 0) is 20.9 Å². The number of rotatable bonds is 4. The Hall–Kier alpha value is -2.57. The molecule has 0 fully saturated rings. The fraction of sp³-hybridized carbons (Fsp3) is 0.526. The zero-order chi connectivity index (χ0) is 19.5. The lowest BCUT2D eigenvalue weighted by Gasteiger charge is -2.41. The average Bonchev–Trinajstić information content (AvgIpc) is 2.57. The topological polar surface area (TPSA) is 87.2 Å². The molecule has 0 bridgehead atoms. The summed E-state index contributed by atoms with van der Waals surface area (Å²) < 4.78 is 5.03. The van der Waals surface area contributed by atoms with E-state index in [9.17, 15) is 19.5 Å². The SMILES string of the molecule is CCOC(=O)CN(C(=O)C(C)(C)C)C1CN(C(=O)O)Cc2ccccc21. The van der Waals surface area contributed by atoms with Gasteiger partial charge in [0.25, 0.3) is 0 Å². The van der Waals surface area contributed by atoms with Crippen LogP contribution in [0.2, 0.25) is 0 Å². The number of amides is 2. The highest BCUT2D eigenvalue weighted by molar-refractivity contribution is 5.86. The summed E-state index contributed by atoms with van der Waals surface area (Å²) in [6.07, 6.45) is -1.05. The van der Waals surface area contributed by atoms with Crippen molar-refractivity contribution in [1.82, 2.24) is 9.80 Å². The van der Waals surface area contributed by atoms with Gasteiger partial charge in [0.2, 0.25) is 5.91 Å². The molecule has 0 aromatic heterocycles. The monoisotopic (exact) mass is 362 g/mol. The smallest absolute Gasteiger partial charge is 0.407 e. The lowest BCUT2D eigenvalue weighted by Crippen LogP contribution is -2.50. The normalized spacial score (nSPS) is 16.6. The number of nitrogens with zero attached hydrogens (tertiary/aromatic N) is 2. The number of benzene rings is 1. The van der Waals surface area contributed by atoms with E-state index in [0.29, 0.717) is 0 Å². The third-order valence-corrected chi connectivity index (χ3v) is 4.32. The lowest BCUT2D eigenvalue weighted by molar-refractivity contribution is -0.154. The molecule has 7 nitrogen and oxygen atoms in total. The predicted octanol–water partition coefficient (Wildman–Crippen LogP) is 2.66. The van der Waals surface area contributed by atoms with Crippen LogP contribution in [-0.4, -0.2) is 52.6 Å². The molecule has 1 aliphatic heterocycles. The number of carbonyl (C=O) groups is 3. The minimum absolute atomic E-state index is 0.119. The van der Waals surface area contributed by atoms with Gasteiger partial charge in [-0.05, 0) is 18.1 Å². The number of ether oxygens (including phenoxy) is 1. The van der Waals surface area contributed by atoms with Crippen LogP contribution in [0.15, 0.2) is 24.3 Å². The van der Waals surface area contributed by atoms with E-state index >= 15 is 0 Å². The summed E-state index contributed by atoms with van der Waals surface area (Å²) in [6, 6.07) is 6.89. The Morgan fingerprint density at radius 3 is 2.50 bits per heavy atom. The Labute approximate surface area is 153 Å². The zero-order valence-electron chi connectivity index (χ0n) is 15.7. The van der Waals surface area contributed by atoms with Crippen LogP contribution >= 0.6 is 0 Å². The summed E-state index contributed by atoms with van der Waals surface area (Å²) in [5.74, 6) is -0.729. The molecule has 1 aromatic rings. The van der Waals surface area contributed by atoms with E-state index < -0.39 is 23.5 Å².